The molecule has 0 bridgehead atoms. The smallest absolute Gasteiger partial charge is 0.242 e. The van der Waals surface area contributed by atoms with Crippen molar-refractivity contribution in [2.24, 2.45) is 7.05 Å². The van der Waals surface area contributed by atoms with Gasteiger partial charge in [0, 0.05) is 19.2 Å². The molecular weight excluding hydrogens is 362 g/mol. The van der Waals surface area contributed by atoms with E-state index in [1.165, 1.54) is 11.8 Å². The van der Waals surface area contributed by atoms with Crippen LogP contribution >= 0.6 is 23.4 Å². The molecule has 0 aliphatic heterocycles. The van der Waals surface area contributed by atoms with Gasteiger partial charge < -0.3 is 15.2 Å². The van der Waals surface area contributed by atoms with Crippen LogP contribution in [0.1, 0.15) is 13.8 Å². The molecule has 1 atom stereocenters. The summed E-state index contributed by atoms with van der Waals surface area (Å²) in [6.07, 6.45) is 0. The van der Waals surface area contributed by atoms with Gasteiger partial charge in [0.15, 0.2) is 11.0 Å². The minimum Gasteiger partial charge on any atom is -0.355 e. The van der Waals surface area contributed by atoms with Gasteiger partial charge in [-0.15, -0.1) is 10.2 Å². The van der Waals surface area contributed by atoms with Crippen LogP contribution in [0.2, 0.25) is 5.02 Å². The Morgan fingerprint density at radius 2 is 2.04 bits per heavy atom. The first-order valence-corrected chi connectivity index (χ1v) is 9.14. The molecule has 25 heavy (non-hydrogen) atoms. The molecule has 0 aliphatic rings. The monoisotopic (exact) mass is 381 g/mol. The number of nitrogens with one attached hydrogen (secondary N) is 2. The van der Waals surface area contributed by atoms with Crippen molar-refractivity contribution in [1.82, 2.24) is 25.4 Å². The Bertz CT molecular complexity index is 765. The molecule has 0 fully saturated rings. The highest BCUT2D eigenvalue weighted by Crippen LogP contribution is 2.28. The van der Waals surface area contributed by atoms with E-state index in [0.29, 0.717) is 22.5 Å². The van der Waals surface area contributed by atoms with Gasteiger partial charge in [0.2, 0.25) is 11.8 Å². The lowest BCUT2D eigenvalue weighted by Crippen LogP contribution is -2.45. The van der Waals surface area contributed by atoms with Gasteiger partial charge in [-0.05, 0) is 26.0 Å². The minimum absolute atomic E-state index is 0.137. The first-order chi connectivity index (χ1) is 11.9. The molecule has 2 N–H and O–H groups in total. The van der Waals surface area contributed by atoms with Crippen LogP contribution in [0, 0.1) is 0 Å². The second kappa shape index (κ2) is 8.87. The number of rotatable bonds is 7. The van der Waals surface area contributed by atoms with Crippen molar-refractivity contribution in [3.8, 4) is 11.4 Å². The molecule has 0 unspecified atom stereocenters. The van der Waals surface area contributed by atoms with Crippen LogP contribution in [0.25, 0.3) is 11.4 Å². The first-order valence-electron chi connectivity index (χ1n) is 7.78. The van der Waals surface area contributed by atoms with Crippen molar-refractivity contribution >= 4 is 35.2 Å². The van der Waals surface area contributed by atoms with Crippen molar-refractivity contribution in [3.05, 3.63) is 29.3 Å². The number of aromatic nitrogens is 3. The van der Waals surface area contributed by atoms with E-state index in [1.54, 1.807) is 17.6 Å². The van der Waals surface area contributed by atoms with E-state index < -0.39 is 6.04 Å². The predicted molar refractivity (Wildman–Crippen MR) is 98.5 cm³/mol. The van der Waals surface area contributed by atoms with E-state index in [4.69, 9.17) is 11.6 Å². The molecule has 2 amide bonds. The number of nitrogens with zero attached hydrogens (tertiary/aromatic N) is 3. The van der Waals surface area contributed by atoms with Crippen LogP contribution < -0.4 is 10.6 Å². The molecule has 0 saturated carbocycles. The second-order valence-electron chi connectivity index (χ2n) is 5.32. The van der Waals surface area contributed by atoms with Gasteiger partial charge in [-0.2, -0.15) is 0 Å². The zero-order valence-corrected chi connectivity index (χ0v) is 15.8. The summed E-state index contributed by atoms with van der Waals surface area (Å²) in [5.74, 6) is 0.314. The van der Waals surface area contributed by atoms with Crippen LogP contribution in [0.3, 0.4) is 0 Å². The first kappa shape index (κ1) is 19.3. The number of likely N-dealkylation sites (N-methyl/N-ethyl adjacent to an activating group) is 1. The van der Waals surface area contributed by atoms with Crippen molar-refractivity contribution in [2.45, 2.75) is 25.0 Å². The molecule has 1 aromatic heterocycles. The summed E-state index contributed by atoms with van der Waals surface area (Å²) in [6, 6.07) is 6.79. The summed E-state index contributed by atoms with van der Waals surface area (Å²) in [5.41, 5.74) is 0.778. The third kappa shape index (κ3) is 4.96. The number of amides is 2. The summed E-state index contributed by atoms with van der Waals surface area (Å²) in [5, 5.41) is 14.7. The summed E-state index contributed by atoms with van der Waals surface area (Å²) >= 11 is 7.44. The van der Waals surface area contributed by atoms with Gasteiger partial charge in [0.05, 0.1) is 10.8 Å². The van der Waals surface area contributed by atoms with Gasteiger partial charge in [0.25, 0.3) is 0 Å². The Morgan fingerprint density at radius 3 is 2.72 bits per heavy atom. The van der Waals surface area contributed by atoms with Crippen LogP contribution in [0.5, 0.6) is 0 Å². The third-order valence-electron chi connectivity index (χ3n) is 3.40. The van der Waals surface area contributed by atoms with Gasteiger partial charge >= 0.3 is 0 Å². The SMILES string of the molecule is CCNC(=O)[C@@H](C)NC(=O)CSc1nnc(-c2ccccc2Cl)n1C. The molecule has 0 saturated heterocycles. The average molecular weight is 382 g/mol. The van der Waals surface area contributed by atoms with Crippen LogP contribution in [-0.4, -0.2) is 44.9 Å². The maximum atomic E-state index is 12.0. The molecule has 7 nitrogen and oxygen atoms in total. The average Bonchev–Trinajstić information content (AvgIpc) is 2.94. The molecule has 9 heteroatoms. The van der Waals surface area contributed by atoms with E-state index in [2.05, 4.69) is 20.8 Å². The zero-order valence-electron chi connectivity index (χ0n) is 14.2. The number of hydrogen-bond acceptors (Lipinski definition) is 5. The topological polar surface area (TPSA) is 88.9 Å². The van der Waals surface area contributed by atoms with Gasteiger partial charge in [-0.1, -0.05) is 35.5 Å². The molecule has 2 aromatic rings. The summed E-state index contributed by atoms with van der Waals surface area (Å²) in [4.78, 5) is 23.6. The molecule has 0 spiro atoms. The number of carbonyl (C=O) groups is 2. The van der Waals surface area contributed by atoms with E-state index in [0.717, 1.165) is 5.56 Å². The van der Waals surface area contributed by atoms with E-state index in [9.17, 15) is 9.59 Å². The fourth-order valence-corrected chi connectivity index (χ4v) is 3.07. The lowest BCUT2D eigenvalue weighted by Gasteiger charge is -2.13. The zero-order chi connectivity index (χ0) is 18.4. The van der Waals surface area contributed by atoms with E-state index >= 15 is 0 Å². The number of hydrogen-bond donors (Lipinski definition) is 2. The normalized spacial score (nSPS) is 11.8. The maximum absolute atomic E-state index is 12.0. The van der Waals surface area contributed by atoms with Gasteiger partial charge in [-0.3, -0.25) is 9.59 Å². The maximum Gasteiger partial charge on any atom is 0.242 e. The molecule has 1 heterocycles. The number of benzene rings is 1. The van der Waals surface area contributed by atoms with Gasteiger partial charge in [-0.25, -0.2) is 0 Å². The largest absolute Gasteiger partial charge is 0.355 e. The second-order valence-corrected chi connectivity index (χ2v) is 6.67. The summed E-state index contributed by atoms with van der Waals surface area (Å²) < 4.78 is 1.78. The molecule has 2 rings (SSSR count). The summed E-state index contributed by atoms with van der Waals surface area (Å²) in [7, 11) is 1.82. The van der Waals surface area contributed by atoms with E-state index in [1.807, 2.05) is 32.2 Å². The standard InChI is InChI=1S/C16H20ClN5O2S/c1-4-18-15(24)10(2)19-13(23)9-25-16-21-20-14(22(16)3)11-7-5-6-8-12(11)17/h5-8,10H,4,9H2,1-3H3,(H,18,24)(H,19,23)/t10-/m1/s1. The Kier molecular flexibility index (Phi) is 6.83. The van der Waals surface area contributed by atoms with Crippen LogP contribution in [0.4, 0.5) is 0 Å². The van der Waals surface area contributed by atoms with E-state index in [-0.39, 0.29) is 17.6 Å². The highest BCUT2D eigenvalue weighted by Gasteiger charge is 2.17. The highest BCUT2D eigenvalue weighted by molar-refractivity contribution is 7.99. The van der Waals surface area contributed by atoms with Gasteiger partial charge in [0.1, 0.15) is 6.04 Å². The van der Waals surface area contributed by atoms with Crippen molar-refractivity contribution < 1.29 is 9.59 Å². The fraction of sp³-hybridized carbons (Fsp3) is 0.375. The third-order valence-corrected chi connectivity index (χ3v) is 4.75. The summed E-state index contributed by atoms with van der Waals surface area (Å²) in [6.45, 7) is 4.00. The fourth-order valence-electron chi connectivity index (χ4n) is 2.12. The van der Waals surface area contributed by atoms with Crippen molar-refractivity contribution in [1.29, 1.82) is 0 Å². The Hall–Kier alpha value is -2.06. The lowest BCUT2D eigenvalue weighted by molar-refractivity contribution is -0.127. The molecule has 0 aliphatic carbocycles. The molecule has 1 aromatic carbocycles. The van der Waals surface area contributed by atoms with Crippen molar-refractivity contribution in [2.75, 3.05) is 12.3 Å². The number of carbonyl (C=O) groups excluding carboxylic acids is 2. The number of thioether (sulfide) groups is 1. The van der Waals surface area contributed by atoms with Crippen LogP contribution in [-0.2, 0) is 16.6 Å². The Labute approximate surface area is 155 Å². The molecule has 134 valence electrons. The quantitative estimate of drug-likeness (QED) is 0.715. The molecular formula is C16H20ClN5O2S. The highest BCUT2D eigenvalue weighted by atomic mass is 35.5. The predicted octanol–water partition coefficient (Wildman–Crippen LogP) is 1.87. The van der Waals surface area contributed by atoms with Crippen molar-refractivity contribution in [3.63, 3.8) is 0 Å². The Balaban J connectivity index is 1.97. The Morgan fingerprint density at radius 1 is 1.32 bits per heavy atom. The number of halogens is 1. The minimum atomic E-state index is -0.578. The van der Waals surface area contributed by atoms with Crippen LogP contribution in [0.15, 0.2) is 29.4 Å². The lowest BCUT2D eigenvalue weighted by atomic mass is 10.2. The molecule has 0 radical (unpaired) electrons.